The second-order valence-electron chi connectivity index (χ2n) is 5.04. The van der Waals surface area contributed by atoms with Crippen molar-refractivity contribution >= 4 is 55.7 Å². The Morgan fingerprint density at radius 3 is 2.92 bits per heavy atom. The van der Waals surface area contributed by atoms with Crippen LogP contribution in [-0.4, -0.2) is 28.5 Å². The molecule has 2 heterocycles. The average molecular weight is 422 g/mol. The van der Waals surface area contributed by atoms with E-state index in [0.29, 0.717) is 21.5 Å². The number of methoxy groups -OCH3 is 1. The second-order valence-corrected chi connectivity index (χ2v) is 6.87. The number of aromatic nitrogens is 2. The number of nitrogens with zero attached hydrogens (tertiary/aromatic N) is 2. The van der Waals surface area contributed by atoms with Crippen molar-refractivity contribution in [3.05, 3.63) is 55.7 Å². The van der Waals surface area contributed by atoms with Gasteiger partial charge < -0.3 is 10.1 Å². The van der Waals surface area contributed by atoms with E-state index in [9.17, 15) is 14.4 Å². The molecule has 3 rings (SSSR count). The first kappa shape index (κ1) is 17.3. The maximum Gasteiger partial charge on any atom is 0.350 e. The first-order valence-electron chi connectivity index (χ1n) is 7.10. The molecular formula is C16H12BrN3O4S. The van der Waals surface area contributed by atoms with Crippen LogP contribution in [0.25, 0.3) is 10.9 Å². The minimum atomic E-state index is -0.528. The lowest BCUT2D eigenvalue weighted by atomic mass is 10.2. The lowest BCUT2D eigenvalue weighted by Gasteiger charge is -2.08. The number of benzene rings is 1. The van der Waals surface area contributed by atoms with Crippen LogP contribution >= 0.6 is 27.3 Å². The first-order valence-corrected chi connectivity index (χ1v) is 8.77. The molecule has 128 valence electrons. The molecule has 0 bridgehead atoms. The van der Waals surface area contributed by atoms with Gasteiger partial charge in [0.05, 0.1) is 30.0 Å². The Kier molecular flexibility index (Phi) is 4.95. The van der Waals surface area contributed by atoms with Gasteiger partial charge in [0.2, 0.25) is 5.91 Å². The summed E-state index contributed by atoms with van der Waals surface area (Å²) in [7, 11) is 1.27. The van der Waals surface area contributed by atoms with Crippen molar-refractivity contribution in [3.63, 3.8) is 0 Å². The number of halogens is 1. The summed E-state index contributed by atoms with van der Waals surface area (Å²) in [6, 6.07) is 6.77. The summed E-state index contributed by atoms with van der Waals surface area (Å²) < 4.78 is 6.63. The molecular weight excluding hydrogens is 410 g/mol. The van der Waals surface area contributed by atoms with Crippen molar-refractivity contribution in [2.75, 3.05) is 12.4 Å². The van der Waals surface area contributed by atoms with Gasteiger partial charge in [0.25, 0.3) is 5.56 Å². The second kappa shape index (κ2) is 7.16. The fourth-order valence-corrected chi connectivity index (χ4v) is 3.37. The lowest BCUT2D eigenvalue weighted by molar-refractivity contribution is -0.116. The van der Waals surface area contributed by atoms with E-state index in [4.69, 9.17) is 0 Å². The number of ether oxygens (including phenoxy) is 1. The van der Waals surface area contributed by atoms with Gasteiger partial charge in [0.1, 0.15) is 11.4 Å². The summed E-state index contributed by atoms with van der Waals surface area (Å²) in [6.45, 7) is -0.218. The summed E-state index contributed by atoms with van der Waals surface area (Å²) in [5, 5.41) is 4.70. The zero-order chi connectivity index (χ0) is 18.0. The number of hydrogen-bond acceptors (Lipinski definition) is 6. The highest BCUT2D eigenvalue weighted by molar-refractivity contribution is 9.10. The van der Waals surface area contributed by atoms with E-state index in [0.717, 1.165) is 15.8 Å². The average Bonchev–Trinajstić information content (AvgIpc) is 3.05. The molecule has 1 aromatic carbocycles. The number of carbonyl (C=O) groups excluding carboxylic acids is 2. The molecule has 9 heteroatoms. The number of fused-ring (bicyclic) bond motifs is 1. The number of esters is 1. The summed E-state index contributed by atoms with van der Waals surface area (Å²) in [6.07, 6.45) is 1.33. The molecule has 2 aromatic heterocycles. The Labute approximate surface area is 154 Å². The Morgan fingerprint density at radius 2 is 2.16 bits per heavy atom. The molecule has 0 aliphatic rings. The Bertz CT molecular complexity index is 1030. The van der Waals surface area contributed by atoms with Crippen molar-refractivity contribution in [2.24, 2.45) is 0 Å². The van der Waals surface area contributed by atoms with Crippen molar-refractivity contribution < 1.29 is 14.3 Å². The largest absolute Gasteiger partial charge is 0.465 e. The third-order valence-corrected chi connectivity index (χ3v) is 4.80. The molecule has 0 fully saturated rings. The SMILES string of the molecule is COC(=O)c1sccc1NC(=O)Cn1cnc2ccc(Br)cc2c1=O. The number of rotatable bonds is 4. The fraction of sp³-hybridized carbons (Fsp3) is 0.125. The van der Waals surface area contributed by atoms with Crippen molar-refractivity contribution in [1.82, 2.24) is 9.55 Å². The number of hydrogen-bond donors (Lipinski definition) is 1. The smallest absolute Gasteiger partial charge is 0.350 e. The molecule has 0 aliphatic carbocycles. The molecule has 0 aliphatic heterocycles. The molecule has 0 unspecified atom stereocenters. The molecule has 7 nitrogen and oxygen atoms in total. The maximum absolute atomic E-state index is 12.5. The van der Waals surface area contributed by atoms with Gasteiger partial charge in [-0.1, -0.05) is 15.9 Å². The number of carbonyl (C=O) groups is 2. The van der Waals surface area contributed by atoms with E-state index in [-0.39, 0.29) is 12.1 Å². The normalized spacial score (nSPS) is 10.6. The minimum Gasteiger partial charge on any atom is -0.465 e. The van der Waals surface area contributed by atoms with Gasteiger partial charge in [-0.05, 0) is 29.6 Å². The van der Waals surface area contributed by atoms with E-state index >= 15 is 0 Å². The van der Waals surface area contributed by atoms with Crippen molar-refractivity contribution in [2.45, 2.75) is 6.54 Å². The van der Waals surface area contributed by atoms with Crippen LogP contribution in [0.5, 0.6) is 0 Å². The number of nitrogens with one attached hydrogen (secondary N) is 1. The van der Waals surface area contributed by atoms with Gasteiger partial charge in [0, 0.05) is 4.47 Å². The number of thiophene rings is 1. The zero-order valence-corrected chi connectivity index (χ0v) is 15.4. The standard InChI is InChI=1S/C16H12BrN3O4S/c1-24-16(23)14-12(4-5-25-14)19-13(21)7-20-8-18-11-3-2-9(17)6-10(11)15(20)22/h2-6,8H,7H2,1H3,(H,19,21). The van der Waals surface area contributed by atoms with Crippen LogP contribution in [0.15, 0.2) is 45.2 Å². The Balaban J connectivity index is 1.83. The molecule has 1 amide bonds. The zero-order valence-electron chi connectivity index (χ0n) is 13.0. The van der Waals surface area contributed by atoms with Crippen LogP contribution < -0.4 is 10.9 Å². The van der Waals surface area contributed by atoms with Gasteiger partial charge in [0.15, 0.2) is 0 Å². The van der Waals surface area contributed by atoms with Crippen molar-refractivity contribution in [3.8, 4) is 0 Å². The summed E-state index contributed by atoms with van der Waals surface area (Å²) in [4.78, 5) is 40.8. The molecule has 0 saturated carbocycles. The van der Waals surface area contributed by atoms with Crippen LogP contribution in [0, 0.1) is 0 Å². The van der Waals surface area contributed by atoms with Gasteiger partial charge in [-0.3, -0.25) is 14.2 Å². The van der Waals surface area contributed by atoms with Crippen LogP contribution in [0.4, 0.5) is 5.69 Å². The monoisotopic (exact) mass is 421 g/mol. The number of anilines is 1. The molecule has 0 saturated heterocycles. The highest BCUT2D eigenvalue weighted by Gasteiger charge is 2.16. The van der Waals surface area contributed by atoms with Gasteiger partial charge in [-0.25, -0.2) is 9.78 Å². The van der Waals surface area contributed by atoms with Crippen LogP contribution in [0.1, 0.15) is 9.67 Å². The summed E-state index contributed by atoms with van der Waals surface area (Å²) >= 11 is 4.47. The molecule has 3 aromatic rings. The van der Waals surface area contributed by atoms with E-state index in [1.54, 1.807) is 29.6 Å². The van der Waals surface area contributed by atoms with Gasteiger partial charge >= 0.3 is 5.97 Å². The molecule has 0 spiro atoms. The van der Waals surface area contributed by atoms with Gasteiger partial charge in [-0.2, -0.15) is 0 Å². The van der Waals surface area contributed by atoms with E-state index in [1.807, 2.05) is 0 Å². The summed E-state index contributed by atoms with van der Waals surface area (Å²) in [5.41, 5.74) is 0.585. The highest BCUT2D eigenvalue weighted by atomic mass is 79.9. The van der Waals surface area contributed by atoms with E-state index in [2.05, 4.69) is 31.0 Å². The first-order chi connectivity index (χ1) is 12.0. The Hall–Kier alpha value is -2.52. The number of amides is 1. The fourth-order valence-electron chi connectivity index (χ4n) is 2.25. The van der Waals surface area contributed by atoms with Crippen molar-refractivity contribution in [1.29, 1.82) is 0 Å². The van der Waals surface area contributed by atoms with Crippen LogP contribution in [0.2, 0.25) is 0 Å². The van der Waals surface area contributed by atoms with Crippen LogP contribution in [0.3, 0.4) is 0 Å². The predicted molar refractivity (Wildman–Crippen MR) is 98.0 cm³/mol. The predicted octanol–water partition coefficient (Wildman–Crippen LogP) is 2.65. The minimum absolute atomic E-state index is 0.218. The van der Waals surface area contributed by atoms with Crippen LogP contribution in [-0.2, 0) is 16.1 Å². The third-order valence-electron chi connectivity index (χ3n) is 3.41. The third kappa shape index (κ3) is 3.62. The van der Waals surface area contributed by atoms with E-state index < -0.39 is 11.9 Å². The van der Waals surface area contributed by atoms with E-state index in [1.165, 1.54) is 18.0 Å². The maximum atomic E-state index is 12.5. The van der Waals surface area contributed by atoms with Gasteiger partial charge in [-0.15, -0.1) is 11.3 Å². The molecule has 1 N–H and O–H groups in total. The molecule has 25 heavy (non-hydrogen) atoms. The lowest BCUT2D eigenvalue weighted by Crippen LogP contribution is -2.28. The molecule has 0 atom stereocenters. The highest BCUT2D eigenvalue weighted by Crippen LogP contribution is 2.23. The topological polar surface area (TPSA) is 90.3 Å². The Morgan fingerprint density at radius 1 is 1.36 bits per heavy atom. The molecule has 0 radical (unpaired) electrons. The quantitative estimate of drug-likeness (QED) is 0.653. The summed E-state index contributed by atoms with van der Waals surface area (Å²) in [5.74, 6) is -0.971.